The lowest BCUT2D eigenvalue weighted by Gasteiger charge is -2.45. The van der Waals surface area contributed by atoms with E-state index in [1.807, 2.05) is 4.90 Å². The van der Waals surface area contributed by atoms with E-state index in [1.165, 1.54) is 11.0 Å². The van der Waals surface area contributed by atoms with Crippen molar-refractivity contribution in [2.24, 2.45) is 5.92 Å². The van der Waals surface area contributed by atoms with E-state index >= 15 is 0 Å². The minimum atomic E-state index is -4.43. The Morgan fingerprint density at radius 2 is 1.96 bits per heavy atom. The Bertz CT molecular complexity index is 682. The van der Waals surface area contributed by atoms with E-state index < -0.39 is 29.2 Å². The lowest BCUT2D eigenvalue weighted by atomic mass is 9.77. The molecule has 1 amide bonds. The van der Waals surface area contributed by atoms with Crippen LogP contribution in [0.1, 0.15) is 24.8 Å². The molecule has 3 rings (SSSR count). The van der Waals surface area contributed by atoms with Crippen molar-refractivity contribution in [2.75, 3.05) is 25.0 Å². The second kappa shape index (κ2) is 5.89. The maximum absolute atomic E-state index is 12.6. The van der Waals surface area contributed by atoms with Crippen LogP contribution in [-0.4, -0.2) is 52.5 Å². The fraction of sp³-hybridized carbons (Fsp3) is 0.562. The third-order valence-corrected chi connectivity index (χ3v) is 5.40. The van der Waals surface area contributed by atoms with Crippen LogP contribution in [0.4, 0.5) is 19.0 Å². The van der Waals surface area contributed by atoms with E-state index in [0.717, 1.165) is 12.3 Å². The van der Waals surface area contributed by atoms with Crippen molar-refractivity contribution in [1.82, 2.24) is 9.88 Å². The number of pyridine rings is 1. The van der Waals surface area contributed by atoms with Crippen LogP contribution in [0, 0.1) is 5.92 Å². The minimum Gasteiger partial charge on any atom is -0.481 e. The predicted molar refractivity (Wildman–Crippen MR) is 81.9 cm³/mol. The molecule has 9 heteroatoms. The highest BCUT2D eigenvalue weighted by molar-refractivity contribution is 5.88. The van der Waals surface area contributed by atoms with E-state index in [1.54, 1.807) is 7.05 Å². The Kier molecular flexibility index (Phi) is 4.12. The largest absolute Gasteiger partial charge is 0.481 e. The van der Waals surface area contributed by atoms with Gasteiger partial charge >= 0.3 is 12.1 Å². The van der Waals surface area contributed by atoms with Gasteiger partial charge in [-0.3, -0.25) is 9.59 Å². The van der Waals surface area contributed by atoms with Gasteiger partial charge in [-0.25, -0.2) is 4.98 Å². The molecular weight excluding hydrogens is 339 g/mol. The topological polar surface area (TPSA) is 73.7 Å². The summed E-state index contributed by atoms with van der Waals surface area (Å²) < 4.78 is 37.8. The zero-order chi connectivity index (χ0) is 18.4. The van der Waals surface area contributed by atoms with E-state index in [-0.39, 0.29) is 12.3 Å². The number of aliphatic carboxylic acids is 1. The summed E-state index contributed by atoms with van der Waals surface area (Å²) in [6.07, 6.45) is -2.77. The number of hydrogen-bond acceptors (Lipinski definition) is 4. The molecule has 0 radical (unpaired) electrons. The standard InChI is InChI=1S/C16H18F3N3O3/c1-21-13(23)8-11(14(24)25)15(21)4-6-22(7-5-15)12-3-2-10(9-20-12)16(17,18)19/h2-3,9,11H,4-8H2,1H3,(H,24,25). The van der Waals surface area contributed by atoms with Crippen LogP contribution >= 0.6 is 0 Å². The van der Waals surface area contributed by atoms with Crippen LogP contribution in [0.2, 0.25) is 0 Å². The zero-order valence-corrected chi connectivity index (χ0v) is 13.6. The van der Waals surface area contributed by atoms with Gasteiger partial charge in [0.15, 0.2) is 0 Å². The first-order chi connectivity index (χ1) is 11.6. The fourth-order valence-electron chi connectivity index (χ4n) is 3.85. The van der Waals surface area contributed by atoms with Gasteiger partial charge in [-0.1, -0.05) is 0 Å². The summed E-state index contributed by atoms with van der Waals surface area (Å²) in [5.74, 6) is -1.51. The molecule has 2 aliphatic heterocycles. The van der Waals surface area contributed by atoms with Crippen LogP contribution in [0.3, 0.4) is 0 Å². The number of nitrogens with zero attached hydrogens (tertiary/aromatic N) is 3. The summed E-state index contributed by atoms with van der Waals surface area (Å²) in [7, 11) is 1.62. The van der Waals surface area contributed by atoms with Gasteiger partial charge in [-0.2, -0.15) is 13.2 Å². The molecule has 3 heterocycles. The lowest BCUT2D eigenvalue weighted by molar-refractivity contribution is -0.145. The first kappa shape index (κ1) is 17.5. The quantitative estimate of drug-likeness (QED) is 0.876. The Hall–Kier alpha value is -2.32. The summed E-state index contributed by atoms with van der Waals surface area (Å²) in [5.41, 5.74) is -1.54. The van der Waals surface area contributed by atoms with Gasteiger partial charge in [0.1, 0.15) is 5.82 Å². The molecule has 1 aromatic rings. The van der Waals surface area contributed by atoms with Crippen LogP contribution in [-0.2, 0) is 15.8 Å². The number of likely N-dealkylation sites (tertiary alicyclic amines) is 1. The van der Waals surface area contributed by atoms with E-state index in [9.17, 15) is 27.9 Å². The summed E-state index contributed by atoms with van der Waals surface area (Å²) in [5, 5.41) is 9.44. The zero-order valence-electron chi connectivity index (χ0n) is 13.6. The van der Waals surface area contributed by atoms with Crippen molar-refractivity contribution < 1.29 is 27.9 Å². The SMILES string of the molecule is CN1C(=O)CC(C(=O)O)C12CCN(c1ccc(C(F)(F)F)cn1)CC2. The molecule has 2 aliphatic rings. The Morgan fingerprint density at radius 3 is 2.44 bits per heavy atom. The average Bonchev–Trinajstić information content (AvgIpc) is 2.80. The number of carbonyl (C=O) groups excluding carboxylic acids is 1. The number of anilines is 1. The highest BCUT2D eigenvalue weighted by Crippen LogP contribution is 2.43. The number of halogens is 3. The Balaban J connectivity index is 1.75. The molecule has 136 valence electrons. The van der Waals surface area contributed by atoms with Crippen LogP contribution < -0.4 is 4.90 Å². The van der Waals surface area contributed by atoms with E-state index in [0.29, 0.717) is 31.7 Å². The molecule has 2 saturated heterocycles. The maximum atomic E-state index is 12.6. The molecule has 1 unspecified atom stereocenters. The van der Waals surface area contributed by atoms with Crippen LogP contribution in [0.25, 0.3) is 0 Å². The van der Waals surface area contributed by atoms with E-state index in [2.05, 4.69) is 4.98 Å². The Labute approximate surface area is 142 Å². The molecule has 6 nitrogen and oxygen atoms in total. The number of carboxylic acids is 1. The van der Waals surface area contributed by atoms with Crippen molar-refractivity contribution in [3.63, 3.8) is 0 Å². The molecule has 0 saturated carbocycles. The van der Waals surface area contributed by atoms with Crippen molar-refractivity contribution in [1.29, 1.82) is 0 Å². The number of carboxylic acid groups (broad SMARTS) is 1. The van der Waals surface area contributed by atoms with Gasteiger partial charge in [0.2, 0.25) is 5.91 Å². The van der Waals surface area contributed by atoms with Crippen molar-refractivity contribution >= 4 is 17.7 Å². The molecule has 0 bridgehead atoms. The minimum absolute atomic E-state index is 0.00956. The first-order valence-corrected chi connectivity index (χ1v) is 7.93. The number of alkyl halides is 3. The van der Waals surface area contributed by atoms with Crippen LogP contribution in [0.5, 0.6) is 0 Å². The summed E-state index contributed by atoms with van der Waals surface area (Å²) >= 11 is 0. The van der Waals surface area contributed by atoms with Crippen LogP contribution in [0.15, 0.2) is 18.3 Å². The van der Waals surface area contributed by atoms with Crippen molar-refractivity contribution in [3.05, 3.63) is 23.9 Å². The number of piperidine rings is 1. The fourth-order valence-corrected chi connectivity index (χ4v) is 3.85. The van der Waals surface area contributed by atoms with E-state index in [4.69, 9.17) is 0 Å². The molecule has 0 aliphatic carbocycles. The summed E-state index contributed by atoms with van der Waals surface area (Å²) in [6.45, 7) is 0.861. The highest BCUT2D eigenvalue weighted by Gasteiger charge is 2.55. The molecule has 1 atom stereocenters. The summed E-state index contributed by atoms with van der Waals surface area (Å²) in [4.78, 5) is 30.7. The second-order valence-electron chi connectivity index (χ2n) is 6.54. The molecule has 1 N–H and O–H groups in total. The predicted octanol–water partition coefficient (Wildman–Crippen LogP) is 2.00. The highest BCUT2D eigenvalue weighted by atomic mass is 19.4. The molecule has 1 spiro atoms. The molecule has 1 aromatic heterocycles. The summed E-state index contributed by atoms with van der Waals surface area (Å²) in [6, 6.07) is 2.30. The Morgan fingerprint density at radius 1 is 1.32 bits per heavy atom. The number of carbonyl (C=O) groups is 2. The third-order valence-electron chi connectivity index (χ3n) is 5.40. The lowest BCUT2D eigenvalue weighted by Crippen LogP contribution is -2.56. The van der Waals surface area contributed by atoms with Crippen molar-refractivity contribution in [2.45, 2.75) is 31.0 Å². The number of amides is 1. The van der Waals surface area contributed by atoms with Gasteiger partial charge in [-0.05, 0) is 25.0 Å². The molecule has 25 heavy (non-hydrogen) atoms. The third kappa shape index (κ3) is 2.91. The first-order valence-electron chi connectivity index (χ1n) is 7.93. The molecule has 2 fully saturated rings. The average molecular weight is 357 g/mol. The smallest absolute Gasteiger partial charge is 0.417 e. The van der Waals surface area contributed by atoms with Crippen molar-refractivity contribution in [3.8, 4) is 0 Å². The molecular formula is C16H18F3N3O3. The van der Waals surface area contributed by atoms with Gasteiger partial charge in [0.25, 0.3) is 0 Å². The normalized spacial score (nSPS) is 23.4. The van der Waals surface area contributed by atoms with Gasteiger partial charge in [0.05, 0.1) is 17.0 Å². The monoisotopic (exact) mass is 357 g/mol. The number of rotatable bonds is 2. The van der Waals surface area contributed by atoms with Gasteiger partial charge in [-0.15, -0.1) is 0 Å². The second-order valence-corrected chi connectivity index (χ2v) is 6.54. The van der Waals surface area contributed by atoms with Gasteiger partial charge in [0, 0.05) is 32.8 Å². The maximum Gasteiger partial charge on any atom is 0.417 e. The number of aromatic nitrogens is 1. The molecule has 0 aromatic carbocycles. The number of hydrogen-bond donors (Lipinski definition) is 1. The van der Waals surface area contributed by atoms with Gasteiger partial charge < -0.3 is 14.9 Å².